The molecular weight excluding hydrogens is 300 g/mol. The molecule has 3 rings (SSSR count). The summed E-state index contributed by atoms with van der Waals surface area (Å²) in [5.41, 5.74) is 2.50. The van der Waals surface area contributed by atoms with Crippen LogP contribution < -0.4 is 5.32 Å². The maximum absolute atomic E-state index is 5.40. The Labute approximate surface area is 137 Å². The van der Waals surface area contributed by atoms with Gasteiger partial charge in [-0.05, 0) is 25.0 Å². The van der Waals surface area contributed by atoms with Gasteiger partial charge < -0.3 is 9.84 Å². The van der Waals surface area contributed by atoms with Crippen molar-refractivity contribution in [1.82, 2.24) is 20.4 Å². The highest BCUT2D eigenvalue weighted by Crippen LogP contribution is 2.13. The van der Waals surface area contributed by atoms with Gasteiger partial charge in [0.1, 0.15) is 0 Å². The zero-order valence-electron chi connectivity index (χ0n) is 13.1. The van der Waals surface area contributed by atoms with Crippen LogP contribution in [0.2, 0.25) is 0 Å². The molecule has 0 spiro atoms. The van der Waals surface area contributed by atoms with Crippen LogP contribution in [0.5, 0.6) is 0 Å². The standard InChI is InChI=1S/C16H22N4O.ClH/c1-12-5-3-4-6-14(12)9-16-18-15(19-21-16)11-20-8-7-17-10-13(20)2;/h3-6,13,17H,7-11H2,1-2H3;1H/t13-;/m1./s1. The molecule has 1 fully saturated rings. The van der Waals surface area contributed by atoms with Crippen LogP contribution in [0.1, 0.15) is 29.8 Å². The number of piperazine rings is 1. The molecule has 1 atom stereocenters. The fourth-order valence-corrected chi connectivity index (χ4v) is 2.70. The topological polar surface area (TPSA) is 54.2 Å². The van der Waals surface area contributed by atoms with E-state index in [9.17, 15) is 0 Å². The lowest BCUT2D eigenvalue weighted by Crippen LogP contribution is -2.49. The summed E-state index contributed by atoms with van der Waals surface area (Å²) in [6.07, 6.45) is 0.705. The molecule has 120 valence electrons. The Morgan fingerprint density at radius 2 is 2.18 bits per heavy atom. The zero-order chi connectivity index (χ0) is 14.7. The lowest BCUT2D eigenvalue weighted by atomic mass is 10.1. The maximum Gasteiger partial charge on any atom is 0.231 e. The van der Waals surface area contributed by atoms with Crippen molar-refractivity contribution in [3.63, 3.8) is 0 Å². The van der Waals surface area contributed by atoms with Gasteiger partial charge in [-0.1, -0.05) is 29.4 Å². The summed E-state index contributed by atoms with van der Waals surface area (Å²) in [7, 11) is 0. The highest BCUT2D eigenvalue weighted by atomic mass is 35.5. The van der Waals surface area contributed by atoms with Crippen LogP contribution in [0.15, 0.2) is 28.8 Å². The quantitative estimate of drug-likeness (QED) is 0.935. The Kier molecular flexibility index (Phi) is 5.94. The van der Waals surface area contributed by atoms with Gasteiger partial charge in [0, 0.05) is 25.7 Å². The third kappa shape index (κ3) is 4.06. The van der Waals surface area contributed by atoms with Gasteiger partial charge >= 0.3 is 0 Å². The molecule has 0 bridgehead atoms. The van der Waals surface area contributed by atoms with Crippen LogP contribution in [0.3, 0.4) is 0 Å². The van der Waals surface area contributed by atoms with E-state index >= 15 is 0 Å². The minimum atomic E-state index is 0. The molecular formula is C16H23ClN4O. The van der Waals surface area contributed by atoms with Crippen LogP contribution in [0.25, 0.3) is 0 Å². The van der Waals surface area contributed by atoms with E-state index < -0.39 is 0 Å². The Morgan fingerprint density at radius 3 is 2.95 bits per heavy atom. The van der Waals surface area contributed by atoms with E-state index in [2.05, 4.69) is 46.3 Å². The smallest absolute Gasteiger partial charge is 0.231 e. The molecule has 0 radical (unpaired) electrons. The highest BCUT2D eigenvalue weighted by molar-refractivity contribution is 5.85. The highest BCUT2D eigenvalue weighted by Gasteiger charge is 2.20. The van der Waals surface area contributed by atoms with Crippen molar-refractivity contribution >= 4 is 12.4 Å². The van der Waals surface area contributed by atoms with E-state index in [0.29, 0.717) is 18.4 Å². The van der Waals surface area contributed by atoms with Gasteiger partial charge in [0.15, 0.2) is 5.82 Å². The largest absolute Gasteiger partial charge is 0.339 e. The van der Waals surface area contributed by atoms with Gasteiger partial charge in [0.2, 0.25) is 5.89 Å². The molecule has 0 unspecified atom stereocenters. The Hall–Kier alpha value is -1.43. The van der Waals surface area contributed by atoms with E-state index in [1.54, 1.807) is 0 Å². The number of benzene rings is 1. The predicted molar refractivity (Wildman–Crippen MR) is 88.3 cm³/mol. The number of nitrogens with one attached hydrogen (secondary N) is 1. The summed E-state index contributed by atoms with van der Waals surface area (Å²) >= 11 is 0. The van der Waals surface area contributed by atoms with E-state index in [1.807, 2.05) is 12.1 Å². The SMILES string of the molecule is Cc1ccccc1Cc1nc(CN2CCNC[C@H]2C)no1.Cl. The van der Waals surface area contributed by atoms with Crippen molar-refractivity contribution in [2.24, 2.45) is 0 Å². The van der Waals surface area contributed by atoms with Gasteiger partial charge in [0.05, 0.1) is 13.0 Å². The molecule has 1 aromatic heterocycles. The molecule has 0 saturated carbocycles. The lowest BCUT2D eigenvalue weighted by Gasteiger charge is -2.32. The van der Waals surface area contributed by atoms with Crippen molar-refractivity contribution in [3.05, 3.63) is 47.1 Å². The summed E-state index contributed by atoms with van der Waals surface area (Å²) in [6.45, 7) is 8.17. The minimum Gasteiger partial charge on any atom is -0.339 e. The number of nitrogens with zero attached hydrogens (tertiary/aromatic N) is 3. The number of aryl methyl sites for hydroxylation is 1. The first-order chi connectivity index (χ1) is 10.2. The van der Waals surface area contributed by atoms with Crippen LogP contribution in [0, 0.1) is 6.92 Å². The second kappa shape index (κ2) is 7.72. The summed E-state index contributed by atoms with van der Waals surface area (Å²) in [5, 5.41) is 7.51. The van der Waals surface area contributed by atoms with Gasteiger partial charge in [-0.2, -0.15) is 4.98 Å². The third-order valence-corrected chi connectivity index (χ3v) is 4.10. The molecule has 6 heteroatoms. The van der Waals surface area contributed by atoms with Gasteiger partial charge in [0.25, 0.3) is 0 Å². The predicted octanol–water partition coefficient (Wildman–Crippen LogP) is 2.18. The average molecular weight is 323 g/mol. The maximum atomic E-state index is 5.40. The summed E-state index contributed by atoms with van der Waals surface area (Å²) in [4.78, 5) is 6.92. The molecule has 1 aromatic carbocycles. The number of aromatic nitrogens is 2. The molecule has 1 aliphatic heterocycles. The van der Waals surface area contributed by atoms with E-state index in [0.717, 1.165) is 32.0 Å². The Morgan fingerprint density at radius 1 is 1.36 bits per heavy atom. The van der Waals surface area contributed by atoms with E-state index in [4.69, 9.17) is 4.52 Å². The fraction of sp³-hybridized carbons (Fsp3) is 0.500. The Bertz CT molecular complexity index is 601. The fourth-order valence-electron chi connectivity index (χ4n) is 2.70. The number of halogens is 1. The van der Waals surface area contributed by atoms with Crippen LogP contribution in [-0.2, 0) is 13.0 Å². The molecule has 0 amide bonds. The summed E-state index contributed by atoms with van der Waals surface area (Å²) < 4.78 is 5.40. The molecule has 1 saturated heterocycles. The third-order valence-electron chi connectivity index (χ3n) is 4.10. The number of hydrogen-bond acceptors (Lipinski definition) is 5. The molecule has 2 aromatic rings. The molecule has 1 aliphatic rings. The zero-order valence-corrected chi connectivity index (χ0v) is 13.9. The molecule has 0 aliphatic carbocycles. The second-order valence-electron chi connectivity index (χ2n) is 5.73. The van der Waals surface area contributed by atoms with Crippen LogP contribution in [-0.4, -0.2) is 40.7 Å². The molecule has 2 heterocycles. The molecule has 1 N–H and O–H groups in total. The van der Waals surface area contributed by atoms with Crippen LogP contribution >= 0.6 is 12.4 Å². The molecule has 22 heavy (non-hydrogen) atoms. The van der Waals surface area contributed by atoms with Crippen molar-refractivity contribution < 1.29 is 4.52 Å². The number of hydrogen-bond donors (Lipinski definition) is 1. The first kappa shape index (κ1) is 16.9. The van der Waals surface area contributed by atoms with E-state index in [-0.39, 0.29) is 12.4 Å². The first-order valence-electron chi connectivity index (χ1n) is 7.53. The van der Waals surface area contributed by atoms with Gasteiger partial charge in [-0.3, -0.25) is 4.90 Å². The molecule has 5 nitrogen and oxygen atoms in total. The number of rotatable bonds is 4. The average Bonchev–Trinajstić information content (AvgIpc) is 2.91. The van der Waals surface area contributed by atoms with E-state index in [1.165, 1.54) is 11.1 Å². The van der Waals surface area contributed by atoms with Crippen molar-refractivity contribution in [3.8, 4) is 0 Å². The van der Waals surface area contributed by atoms with Crippen molar-refractivity contribution in [1.29, 1.82) is 0 Å². The summed E-state index contributed by atoms with van der Waals surface area (Å²) in [6, 6.07) is 8.82. The lowest BCUT2D eigenvalue weighted by molar-refractivity contribution is 0.160. The van der Waals surface area contributed by atoms with Crippen molar-refractivity contribution in [2.75, 3.05) is 19.6 Å². The van der Waals surface area contributed by atoms with Gasteiger partial charge in [-0.25, -0.2) is 0 Å². The monoisotopic (exact) mass is 322 g/mol. The summed E-state index contributed by atoms with van der Waals surface area (Å²) in [5.74, 6) is 1.48. The normalized spacial score (nSPS) is 18.9. The minimum absolute atomic E-state index is 0. The first-order valence-corrected chi connectivity index (χ1v) is 7.53. The van der Waals surface area contributed by atoms with Crippen LogP contribution in [0.4, 0.5) is 0 Å². The Balaban J connectivity index is 0.00000176. The van der Waals surface area contributed by atoms with Crippen molar-refractivity contribution in [2.45, 2.75) is 32.9 Å². The second-order valence-corrected chi connectivity index (χ2v) is 5.73. The van der Waals surface area contributed by atoms with Gasteiger partial charge in [-0.15, -0.1) is 12.4 Å².